The van der Waals surface area contributed by atoms with Gasteiger partial charge in [0, 0.05) is 21.7 Å². The van der Waals surface area contributed by atoms with Crippen molar-refractivity contribution in [1.29, 1.82) is 0 Å². The van der Waals surface area contributed by atoms with E-state index < -0.39 is 5.97 Å². The topological polar surface area (TPSA) is 40.5 Å². The second-order valence-electron chi connectivity index (χ2n) is 4.48. The first kappa shape index (κ1) is 16.1. The van der Waals surface area contributed by atoms with Gasteiger partial charge in [-0.2, -0.15) is 0 Å². The lowest BCUT2D eigenvalue weighted by Gasteiger charge is -2.23. The lowest BCUT2D eigenvalue weighted by Crippen LogP contribution is -2.29. The van der Waals surface area contributed by atoms with Crippen molar-refractivity contribution in [2.24, 2.45) is 0 Å². The number of aliphatic carboxylic acids is 1. The maximum absolute atomic E-state index is 11.1. The molecule has 0 aliphatic rings. The summed E-state index contributed by atoms with van der Waals surface area (Å²) in [6.45, 7) is 0.313. The number of carboxylic acid groups (broad SMARTS) is 1. The fourth-order valence-corrected chi connectivity index (χ4v) is 2.57. The summed E-state index contributed by atoms with van der Waals surface area (Å²) in [6, 6.07) is 12.7. The van der Waals surface area contributed by atoms with Crippen LogP contribution in [0.5, 0.6) is 0 Å². The fraction of sp³-hybridized carbons (Fsp3) is 0.133. The molecule has 0 saturated carbocycles. The minimum Gasteiger partial charge on any atom is -0.480 e. The average Bonchev–Trinajstić information content (AvgIpc) is 2.42. The Kier molecular flexibility index (Phi) is 5.51. The van der Waals surface area contributed by atoms with Crippen LogP contribution in [0.3, 0.4) is 0 Å². The number of nitrogens with zero attached hydrogens (tertiary/aromatic N) is 1. The summed E-state index contributed by atoms with van der Waals surface area (Å²) in [5.74, 6) is -0.904. The van der Waals surface area contributed by atoms with Crippen LogP contribution in [0.2, 0.25) is 10.0 Å². The number of carboxylic acids is 1. The summed E-state index contributed by atoms with van der Waals surface area (Å²) in [4.78, 5) is 12.8. The molecule has 21 heavy (non-hydrogen) atoms. The van der Waals surface area contributed by atoms with Crippen LogP contribution in [0.1, 0.15) is 5.56 Å². The summed E-state index contributed by atoms with van der Waals surface area (Å²) >= 11 is 15.4. The van der Waals surface area contributed by atoms with Gasteiger partial charge in [0.25, 0.3) is 0 Å². The summed E-state index contributed by atoms with van der Waals surface area (Å²) in [5.41, 5.74) is 1.67. The van der Waals surface area contributed by atoms with Gasteiger partial charge < -0.3 is 10.0 Å². The minimum atomic E-state index is -0.904. The van der Waals surface area contributed by atoms with E-state index in [0.717, 1.165) is 15.7 Å². The average molecular weight is 389 g/mol. The van der Waals surface area contributed by atoms with Crippen molar-refractivity contribution in [2.45, 2.75) is 6.54 Å². The highest BCUT2D eigenvalue weighted by Crippen LogP contribution is 2.26. The molecular weight excluding hydrogens is 377 g/mol. The quantitative estimate of drug-likeness (QED) is 0.795. The number of rotatable bonds is 5. The lowest BCUT2D eigenvalue weighted by atomic mass is 10.2. The van der Waals surface area contributed by atoms with E-state index in [4.69, 9.17) is 28.3 Å². The number of carbonyl (C=O) groups is 1. The first-order valence-electron chi connectivity index (χ1n) is 6.12. The predicted octanol–water partition coefficient (Wildman–Crippen LogP) is 4.85. The van der Waals surface area contributed by atoms with Crippen LogP contribution in [0.25, 0.3) is 0 Å². The zero-order valence-corrected chi connectivity index (χ0v) is 14.0. The van der Waals surface area contributed by atoms with E-state index in [9.17, 15) is 4.79 Å². The number of hydrogen-bond donors (Lipinski definition) is 1. The van der Waals surface area contributed by atoms with Gasteiger partial charge in [0.1, 0.15) is 6.54 Å². The molecule has 2 rings (SSSR count). The summed E-state index contributed by atoms with van der Waals surface area (Å²) in [5, 5.41) is 10.2. The Hall–Kier alpha value is -1.23. The lowest BCUT2D eigenvalue weighted by molar-refractivity contribution is -0.135. The molecule has 0 spiro atoms. The zero-order chi connectivity index (χ0) is 15.4. The maximum Gasteiger partial charge on any atom is 0.323 e. The van der Waals surface area contributed by atoms with Crippen LogP contribution in [-0.2, 0) is 11.3 Å². The minimum absolute atomic E-state index is 0.117. The van der Waals surface area contributed by atoms with E-state index in [1.54, 1.807) is 23.1 Å². The van der Waals surface area contributed by atoms with E-state index in [1.165, 1.54) is 0 Å². The molecule has 2 aromatic carbocycles. The molecule has 0 heterocycles. The Bertz CT molecular complexity index is 664. The van der Waals surface area contributed by atoms with Crippen LogP contribution in [0.4, 0.5) is 5.69 Å². The van der Waals surface area contributed by atoms with Crippen molar-refractivity contribution in [3.05, 3.63) is 62.5 Å². The molecule has 0 atom stereocenters. The Morgan fingerprint density at radius 2 is 1.95 bits per heavy atom. The van der Waals surface area contributed by atoms with Gasteiger partial charge in [-0.3, -0.25) is 4.79 Å². The second kappa shape index (κ2) is 7.16. The van der Waals surface area contributed by atoms with Gasteiger partial charge in [0.2, 0.25) is 0 Å². The molecule has 0 aliphatic heterocycles. The van der Waals surface area contributed by atoms with Crippen molar-refractivity contribution in [1.82, 2.24) is 0 Å². The van der Waals surface area contributed by atoms with Crippen LogP contribution in [0, 0.1) is 0 Å². The van der Waals surface area contributed by atoms with E-state index in [0.29, 0.717) is 16.6 Å². The summed E-state index contributed by atoms with van der Waals surface area (Å²) in [7, 11) is 0. The first-order chi connectivity index (χ1) is 9.95. The van der Waals surface area contributed by atoms with Gasteiger partial charge in [0.05, 0.1) is 5.02 Å². The van der Waals surface area contributed by atoms with Crippen LogP contribution in [-0.4, -0.2) is 17.6 Å². The van der Waals surface area contributed by atoms with Crippen molar-refractivity contribution in [3.8, 4) is 0 Å². The van der Waals surface area contributed by atoms with E-state index >= 15 is 0 Å². The molecule has 1 N–H and O–H groups in total. The first-order valence-corrected chi connectivity index (χ1v) is 7.67. The van der Waals surface area contributed by atoms with E-state index in [2.05, 4.69) is 15.9 Å². The van der Waals surface area contributed by atoms with E-state index in [1.807, 2.05) is 24.3 Å². The molecule has 6 heteroatoms. The molecule has 0 unspecified atom stereocenters. The Labute approximate surface area is 141 Å². The smallest absolute Gasteiger partial charge is 0.323 e. The fourth-order valence-electron chi connectivity index (χ4n) is 1.93. The van der Waals surface area contributed by atoms with Crippen molar-refractivity contribution in [2.75, 3.05) is 11.4 Å². The number of halogens is 3. The largest absolute Gasteiger partial charge is 0.480 e. The van der Waals surface area contributed by atoms with Gasteiger partial charge >= 0.3 is 5.97 Å². The monoisotopic (exact) mass is 387 g/mol. The molecule has 110 valence electrons. The van der Waals surface area contributed by atoms with Crippen LogP contribution < -0.4 is 4.90 Å². The number of benzene rings is 2. The molecule has 2 aromatic rings. The van der Waals surface area contributed by atoms with Gasteiger partial charge in [-0.25, -0.2) is 0 Å². The Balaban J connectivity index is 2.27. The predicted molar refractivity (Wildman–Crippen MR) is 89.3 cm³/mol. The second-order valence-corrected chi connectivity index (χ2v) is 6.18. The third-order valence-electron chi connectivity index (χ3n) is 2.86. The van der Waals surface area contributed by atoms with Gasteiger partial charge in [0.15, 0.2) is 0 Å². The third-order valence-corrected chi connectivity index (χ3v) is 4.32. The van der Waals surface area contributed by atoms with Crippen molar-refractivity contribution < 1.29 is 9.90 Å². The molecule has 0 amide bonds. The maximum atomic E-state index is 11.1. The number of anilines is 1. The standard InChI is InChI=1S/C15H12BrCl2NO2/c16-13-5-4-10(6-14(13)18)8-19(9-15(20)21)12-3-1-2-11(17)7-12/h1-7H,8-9H2,(H,20,21). The molecule has 0 saturated heterocycles. The molecule has 0 aliphatic carbocycles. The molecular formula is C15H12BrCl2NO2. The van der Waals surface area contributed by atoms with Gasteiger partial charge in [-0.1, -0.05) is 35.3 Å². The zero-order valence-electron chi connectivity index (χ0n) is 10.9. The molecule has 3 nitrogen and oxygen atoms in total. The number of hydrogen-bond acceptors (Lipinski definition) is 2. The Morgan fingerprint density at radius 1 is 1.19 bits per heavy atom. The summed E-state index contributed by atoms with van der Waals surface area (Å²) < 4.78 is 0.806. The van der Waals surface area contributed by atoms with Crippen LogP contribution in [0.15, 0.2) is 46.9 Å². The van der Waals surface area contributed by atoms with Crippen molar-refractivity contribution in [3.63, 3.8) is 0 Å². The molecule has 0 radical (unpaired) electrons. The van der Waals surface area contributed by atoms with Crippen LogP contribution >= 0.6 is 39.1 Å². The molecule has 0 aromatic heterocycles. The van der Waals surface area contributed by atoms with Gasteiger partial charge in [-0.15, -0.1) is 0 Å². The molecule has 0 fully saturated rings. The highest BCUT2D eigenvalue weighted by molar-refractivity contribution is 9.10. The van der Waals surface area contributed by atoms with Gasteiger partial charge in [-0.05, 0) is 51.8 Å². The Morgan fingerprint density at radius 3 is 2.57 bits per heavy atom. The highest BCUT2D eigenvalue weighted by Gasteiger charge is 2.12. The normalized spacial score (nSPS) is 10.4. The summed E-state index contributed by atoms with van der Waals surface area (Å²) in [6.07, 6.45) is 0. The SMILES string of the molecule is O=C(O)CN(Cc1ccc(Br)c(Cl)c1)c1cccc(Cl)c1. The van der Waals surface area contributed by atoms with E-state index in [-0.39, 0.29) is 6.54 Å². The van der Waals surface area contributed by atoms with Crippen molar-refractivity contribution >= 4 is 50.8 Å². The third kappa shape index (κ3) is 4.63. The molecule has 0 bridgehead atoms. The highest BCUT2D eigenvalue weighted by atomic mass is 79.9.